The fourth-order valence-electron chi connectivity index (χ4n) is 10.9. The standard InChI is InChI=1S/C64H122/c1-4-7-9-11-13-15-17-19-21-23-25-27-29-31-33-35-37-39-41-43-45-47-49-51-53-55-58-62-60-57-61-63(64(62)6-3)59-56-54-52-50-48-46-44-42-40-38-36-34-32-30-28-26-24-22-20-18-16-14-12-10-8-5-2/h57,60-61H,4-56,58-59H2,1-3H3. The minimum Gasteiger partial charge on any atom is -0.0654 e. The van der Waals surface area contributed by atoms with Gasteiger partial charge in [0, 0.05) is 0 Å². The van der Waals surface area contributed by atoms with Crippen molar-refractivity contribution in [1.82, 2.24) is 0 Å². The average molecular weight is 892 g/mol. The van der Waals surface area contributed by atoms with Gasteiger partial charge in [-0.2, -0.15) is 0 Å². The monoisotopic (exact) mass is 891 g/mol. The number of hydrogen-bond donors (Lipinski definition) is 0. The molecule has 0 saturated carbocycles. The fraction of sp³-hybridized carbons (Fsp3) is 0.906. The number of aryl methyl sites for hydroxylation is 2. The van der Waals surface area contributed by atoms with Crippen LogP contribution in [-0.4, -0.2) is 0 Å². The van der Waals surface area contributed by atoms with Gasteiger partial charge in [-0.25, -0.2) is 0 Å². The molecule has 0 aromatic heterocycles. The molecular weight excluding hydrogens is 769 g/mol. The lowest BCUT2D eigenvalue weighted by atomic mass is 9.92. The van der Waals surface area contributed by atoms with Crippen LogP contribution in [0.2, 0.25) is 0 Å². The molecule has 0 bridgehead atoms. The van der Waals surface area contributed by atoms with E-state index in [0.717, 1.165) is 0 Å². The summed E-state index contributed by atoms with van der Waals surface area (Å²) in [6, 6.07) is 7.26. The molecule has 0 heteroatoms. The molecule has 0 amide bonds. The van der Waals surface area contributed by atoms with Crippen LogP contribution in [0.1, 0.15) is 371 Å². The molecule has 0 aliphatic heterocycles. The second-order valence-electron chi connectivity index (χ2n) is 21.6. The van der Waals surface area contributed by atoms with E-state index in [1.807, 2.05) is 0 Å². The Labute approximate surface area is 407 Å². The van der Waals surface area contributed by atoms with Gasteiger partial charge in [-0.1, -0.05) is 360 Å². The van der Waals surface area contributed by atoms with E-state index in [2.05, 4.69) is 39.0 Å². The van der Waals surface area contributed by atoms with E-state index < -0.39 is 0 Å². The zero-order valence-corrected chi connectivity index (χ0v) is 45.1. The van der Waals surface area contributed by atoms with E-state index in [1.54, 1.807) is 16.7 Å². The summed E-state index contributed by atoms with van der Waals surface area (Å²) in [5.41, 5.74) is 5.03. The van der Waals surface area contributed by atoms with Crippen LogP contribution >= 0.6 is 0 Å². The first-order chi connectivity index (χ1) is 31.8. The van der Waals surface area contributed by atoms with Crippen molar-refractivity contribution in [2.24, 2.45) is 0 Å². The molecule has 0 N–H and O–H groups in total. The average Bonchev–Trinajstić information content (AvgIpc) is 3.31. The number of rotatable bonds is 55. The van der Waals surface area contributed by atoms with E-state index in [9.17, 15) is 0 Å². The van der Waals surface area contributed by atoms with Gasteiger partial charge in [0.1, 0.15) is 0 Å². The van der Waals surface area contributed by atoms with Gasteiger partial charge in [-0.3, -0.25) is 0 Å². The molecule has 1 aromatic carbocycles. The molecule has 1 aromatic rings. The zero-order chi connectivity index (χ0) is 45.7. The van der Waals surface area contributed by atoms with Crippen LogP contribution in [0.5, 0.6) is 0 Å². The smallest absolute Gasteiger partial charge is 0.0276 e. The van der Waals surface area contributed by atoms with Crippen molar-refractivity contribution in [3.63, 3.8) is 0 Å². The summed E-state index contributed by atoms with van der Waals surface area (Å²) >= 11 is 0. The summed E-state index contributed by atoms with van der Waals surface area (Å²) in [5.74, 6) is 0. The van der Waals surface area contributed by atoms with E-state index >= 15 is 0 Å². The molecule has 0 fully saturated rings. The molecule has 64 heavy (non-hydrogen) atoms. The fourth-order valence-corrected chi connectivity index (χ4v) is 10.9. The Bertz CT molecular complexity index is 916. The van der Waals surface area contributed by atoms with Crippen molar-refractivity contribution in [2.75, 3.05) is 0 Å². The minimum atomic E-state index is 1.21. The Morgan fingerprint density at radius 3 is 0.516 bits per heavy atom. The molecule has 1 rings (SSSR count). The van der Waals surface area contributed by atoms with Crippen LogP contribution in [0.25, 0.3) is 0 Å². The quantitative estimate of drug-likeness (QED) is 0.0572. The molecule has 0 nitrogen and oxygen atoms in total. The van der Waals surface area contributed by atoms with Crippen LogP contribution in [0.15, 0.2) is 18.2 Å². The van der Waals surface area contributed by atoms with Crippen molar-refractivity contribution in [2.45, 2.75) is 374 Å². The van der Waals surface area contributed by atoms with Crippen LogP contribution in [-0.2, 0) is 19.3 Å². The van der Waals surface area contributed by atoms with Crippen LogP contribution < -0.4 is 0 Å². The second-order valence-corrected chi connectivity index (χ2v) is 21.6. The maximum Gasteiger partial charge on any atom is -0.0276 e. The first-order valence-corrected chi connectivity index (χ1v) is 30.9. The highest BCUT2D eigenvalue weighted by atomic mass is 14.1. The Morgan fingerprint density at radius 1 is 0.203 bits per heavy atom. The molecule has 0 aliphatic carbocycles. The summed E-state index contributed by atoms with van der Waals surface area (Å²) in [6.45, 7) is 7.02. The van der Waals surface area contributed by atoms with Crippen molar-refractivity contribution in [3.05, 3.63) is 34.9 Å². The van der Waals surface area contributed by atoms with E-state index in [1.165, 1.54) is 353 Å². The molecule has 0 atom stereocenters. The summed E-state index contributed by atoms with van der Waals surface area (Å²) < 4.78 is 0. The predicted molar refractivity (Wildman–Crippen MR) is 295 cm³/mol. The molecular formula is C64H122. The minimum absolute atomic E-state index is 1.21. The van der Waals surface area contributed by atoms with E-state index in [0.29, 0.717) is 0 Å². The molecule has 0 heterocycles. The van der Waals surface area contributed by atoms with Gasteiger partial charge in [-0.15, -0.1) is 0 Å². The lowest BCUT2D eigenvalue weighted by molar-refractivity contribution is 0.515. The zero-order valence-electron chi connectivity index (χ0n) is 45.1. The second kappa shape index (κ2) is 53.2. The van der Waals surface area contributed by atoms with E-state index in [4.69, 9.17) is 0 Å². The van der Waals surface area contributed by atoms with Gasteiger partial charge in [0.05, 0.1) is 0 Å². The number of hydrogen-bond acceptors (Lipinski definition) is 0. The number of unbranched alkanes of at least 4 members (excludes halogenated alkanes) is 50. The maximum atomic E-state index is 2.45. The molecule has 378 valence electrons. The number of benzene rings is 1. The molecule has 0 saturated heterocycles. The lowest BCUT2D eigenvalue weighted by Crippen LogP contribution is -2.00. The SMILES string of the molecule is CCCCCCCCCCCCCCCCCCCCCCCCCCCCc1cccc(CCCCCCCCCCCCCCCCCCCCCCCCCCCC)c1CC. The van der Waals surface area contributed by atoms with Crippen LogP contribution in [0.4, 0.5) is 0 Å². The van der Waals surface area contributed by atoms with Crippen molar-refractivity contribution in [3.8, 4) is 0 Å². The summed E-state index contributed by atoms with van der Waals surface area (Å²) in [4.78, 5) is 0. The third kappa shape index (κ3) is 43.8. The Morgan fingerprint density at radius 2 is 0.359 bits per heavy atom. The van der Waals surface area contributed by atoms with Crippen LogP contribution in [0, 0.1) is 0 Å². The maximum absolute atomic E-state index is 2.45. The van der Waals surface area contributed by atoms with Gasteiger partial charge < -0.3 is 0 Å². The van der Waals surface area contributed by atoms with Crippen molar-refractivity contribution >= 4 is 0 Å². The van der Waals surface area contributed by atoms with E-state index in [-0.39, 0.29) is 0 Å². The molecule has 0 aliphatic rings. The van der Waals surface area contributed by atoms with Crippen molar-refractivity contribution in [1.29, 1.82) is 0 Å². The summed E-state index contributed by atoms with van der Waals surface area (Å²) in [6.07, 6.45) is 80.2. The first-order valence-electron chi connectivity index (χ1n) is 30.9. The highest BCUT2D eigenvalue weighted by molar-refractivity contribution is 5.35. The lowest BCUT2D eigenvalue weighted by Gasteiger charge is -2.14. The molecule has 0 radical (unpaired) electrons. The summed E-state index contributed by atoms with van der Waals surface area (Å²) in [7, 11) is 0. The van der Waals surface area contributed by atoms with Crippen molar-refractivity contribution < 1.29 is 0 Å². The van der Waals surface area contributed by atoms with Gasteiger partial charge >= 0.3 is 0 Å². The normalized spacial score (nSPS) is 11.7. The third-order valence-corrected chi connectivity index (χ3v) is 15.3. The highest BCUT2D eigenvalue weighted by Crippen LogP contribution is 2.23. The van der Waals surface area contributed by atoms with Gasteiger partial charge in [-0.05, 0) is 48.8 Å². The predicted octanol–water partition coefficient (Wildman–Crippen LogP) is 23.7. The largest absolute Gasteiger partial charge is 0.0654 e. The van der Waals surface area contributed by atoms with Gasteiger partial charge in [0.2, 0.25) is 0 Å². The molecule has 0 spiro atoms. The van der Waals surface area contributed by atoms with Gasteiger partial charge in [0.25, 0.3) is 0 Å². The Hall–Kier alpha value is -0.780. The van der Waals surface area contributed by atoms with Crippen LogP contribution in [0.3, 0.4) is 0 Å². The topological polar surface area (TPSA) is 0 Å². The highest BCUT2D eigenvalue weighted by Gasteiger charge is 2.07. The summed E-state index contributed by atoms with van der Waals surface area (Å²) in [5, 5.41) is 0. The Kier molecular flexibility index (Phi) is 50.9. The first kappa shape index (κ1) is 61.2. The third-order valence-electron chi connectivity index (χ3n) is 15.3. The Balaban J connectivity index is 1.84. The van der Waals surface area contributed by atoms with Gasteiger partial charge in [0.15, 0.2) is 0 Å². The molecule has 0 unspecified atom stereocenters.